The molecule has 4 aromatic rings. The maximum atomic E-state index is 11.0. The van der Waals surface area contributed by atoms with Crippen LogP contribution in [0.15, 0.2) is 78.9 Å². The van der Waals surface area contributed by atoms with Crippen molar-refractivity contribution < 1.29 is 15.3 Å². The lowest BCUT2D eigenvalue weighted by Crippen LogP contribution is -1.97. The van der Waals surface area contributed by atoms with Gasteiger partial charge in [0.05, 0.1) is 0 Å². The summed E-state index contributed by atoms with van der Waals surface area (Å²) in [6, 6.07) is 24.2. The zero-order valence-electron chi connectivity index (χ0n) is 14.8. The molecule has 0 aromatic heterocycles. The van der Waals surface area contributed by atoms with E-state index in [0.717, 1.165) is 33.0 Å². The standard InChI is InChI=1S/C24H20O3/c25-20-9-5-16(6-10-20)13-19-15-18-3-1-2-4-22(18)23(24(19)27)14-17-7-11-21(26)12-8-17/h1-12,15,25-27H,13-14H2. The Kier molecular flexibility index (Phi) is 4.43. The van der Waals surface area contributed by atoms with Gasteiger partial charge in [-0.1, -0.05) is 48.5 Å². The summed E-state index contributed by atoms with van der Waals surface area (Å²) in [5, 5.41) is 32.1. The zero-order valence-corrected chi connectivity index (χ0v) is 14.8. The fraction of sp³-hybridized carbons (Fsp3) is 0.0833. The molecule has 0 saturated carbocycles. The molecule has 0 unspecified atom stereocenters. The molecule has 0 spiro atoms. The van der Waals surface area contributed by atoms with Crippen molar-refractivity contribution in [1.82, 2.24) is 0 Å². The van der Waals surface area contributed by atoms with E-state index in [-0.39, 0.29) is 11.5 Å². The van der Waals surface area contributed by atoms with Gasteiger partial charge in [0.2, 0.25) is 0 Å². The van der Waals surface area contributed by atoms with E-state index < -0.39 is 0 Å². The molecular weight excluding hydrogens is 336 g/mol. The first-order valence-corrected chi connectivity index (χ1v) is 8.88. The number of hydrogen-bond donors (Lipinski definition) is 3. The molecule has 0 bridgehead atoms. The summed E-state index contributed by atoms with van der Waals surface area (Å²) in [7, 11) is 0. The number of phenols is 3. The van der Waals surface area contributed by atoms with E-state index in [1.807, 2.05) is 48.5 Å². The average Bonchev–Trinajstić information content (AvgIpc) is 2.68. The van der Waals surface area contributed by atoms with Crippen molar-refractivity contribution in [3.8, 4) is 17.2 Å². The number of rotatable bonds is 4. The summed E-state index contributed by atoms with van der Waals surface area (Å²) in [5.74, 6) is 0.762. The summed E-state index contributed by atoms with van der Waals surface area (Å²) in [6.45, 7) is 0. The third kappa shape index (κ3) is 3.58. The molecule has 3 nitrogen and oxygen atoms in total. The molecule has 134 valence electrons. The average molecular weight is 356 g/mol. The Morgan fingerprint density at radius 3 is 1.78 bits per heavy atom. The molecule has 0 aliphatic heterocycles. The molecule has 0 heterocycles. The molecule has 0 aliphatic rings. The molecule has 0 radical (unpaired) electrons. The van der Waals surface area contributed by atoms with Crippen molar-refractivity contribution in [1.29, 1.82) is 0 Å². The second-order valence-corrected chi connectivity index (χ2v) is 6.77. The van der Waals surface area contributed by atoms with Crippen LogP contribution in [0.5, 0.6) is 17.2 Å². The van der Waals surface area contributed by atoms with E-state index in [9.17, 15) is 15.3 Å². The summed E-state index contributed by atoms with van der Waals surface area (Å²) >= 11 is 0. The summed E-state index contributed by atoms with van der Waals surface area (Å²) in [5.41, 5.74) is 3.78. The zero-order chi connectivity index (χ0) is 18.8. The van der Waals surface area contributed by atoms with E-state index >= 15 is 0 Å². The van der Waals surface area contributed by atoms with Gasteiger partial charge >= 0.3 is 0 Å². The van der Waals surface area contributed by atoms with Crippen molar-refractivity contribution >= 4 is 10.8 Å². The first-order valence-electron chi connectivity index (χ1n) is 8.88. The maximum absolute atomic E-state index is 11.0. The Bertz CT molecular complexity index is 1080. The maximum Gasteiger partial charge on any atom is 0.123 e. The molecule has 27 heavy (non-hydrogen) atoms. The minimum atomic E-state index is 0.230. The van der Waals surface area contributed by atoms with Gasteiger partial charge in [0.1, 0.15) is 17.2 Å². The van der Waals surface area contributed by atoms with Crippen LogP contribution in [0.3, 0.4) is 0 Å². The lowest BCUT2D eigenvalue weighted by Gasteiger charge is -2.15. The third-order valence-electron chi connectivity index (χ3n) is 4.85. The number of hydrogen-bond acceptors (Lipinski definition) is 3. The highest BCUT2D eigenvalue weighted by Gasteiger charge is 2.14. The van der Waals surface area contributed by atoms with Crippen LogP contribution in [0, 0.1) is 0 Å². The van der Waals surface area contributed by atoms with Crippen LogP contribution in [-0.4, -0.2) is 15.3 Å². The molecule has 0 amide bonds. The Morgan fingerprint density at radius 1 is 0.593 bits per heavy atom. The molecule has 3 N–H and O–H groups in total. The Morgan fingerprint density at radius 2 is 1.15 bits per heavy atom. The van der Waals surface area contributed by atoms with Gasteiger partial charge in [-0.25, -0.2) is 0 Å². The Labute approximate surface area is 157 Å². The van der Waals surface area contributed by atoms with Crippen LogP contribution in [0.2, 0.25) is 0 Å². The van der Waals surface area contributed by atoms with E-state index in [2.05, 4.69) is 6.07 Å². The first-order chi connectivity index (χ1) is 13.1. The van der Waals surface area contributed by atoms with Gasteiger partial charge < -0.3 is 15.3 Å². The second-order valence-electron chi connectivity index (χ2n) is 6.77. The van der Waals surface area contributed by atoms with E-state index in [0.29, 0.717) is 18.6 Å². The summed E-state index contributed by atoms with van der Waals surface area (Å²) in [4.78, 5) is 0. The number of phenolic OH excluding ortho intramolecular Hbond substituents is 3. The minimum absolute atomic E-state index is 0.230. The highest BCUT2D eigenvalue weighted by molar-refractivity contribution is 5.89. The normalized spacial score (nSPS) is 11.0. The van der Waals surface area contributed by atoms with E-state index in [1.165, 1.54) is 0 Å². The Balaban J connectivity index is 1.79. The van der Waals surface area contributed by atoms with Gasteiger partial charge in [-0.05, 0) is 57.8 Å². The van der Waals surface area contributed by atoms with Crippen molar-refractivity contribution in [2.75, 3.05) is 0 Å². The smallest absolute Gasteiger partial charge is 0.123 e. The van der Waals surface area contributed by atoms with Crippen LogP contribution in [0.25, 0.3) is 10.8 Å². The van der Waals surface area contributed by atoms with Crippen LogP contribution < -0.4 is 0 Å². The van der Waals surface area contributed by atoms with Gasteiger partial charge in [0.25, 0.3) is 0 Å². The fourth-order valence-corrected chi connectivity index (χ4v) is 3.44. The quantitative estimate of drug-likeness (QED) is 0.474. The highest BCUT2D eigenvalue weighted by Crippen LogP contribution is 2.34. The monoisotopic (exact) mass is 356 g/mol. The number of benzene rings is 4. The molecule has 0 aliphatic carbocycles. The van der Waals surface area contributed by atoms with Gasteiger partial charge in [-0.15, -0.1) is 0 Å². The van der Waals surface area contributed by atoms with Crippen molar-refractivity contribution in [2.45, 2.75) is 12.8 Å². The van der Waals surface area contributed by atoms with E-state index in [1.54, 1.807) is 24.3 Å². The number of fused-ring (bicyclic) bond motifs is 1. The van der Waals surface area contributed by atoms with Crippen LogP contribution >= 0.6 is 0 Å². The first kappa shape index (κ1) is 17.0. The molecule has 0 saturated heterocycles. The fourth-order valence-electron chi connectivity index (χ4n) is 3.44. The lowest BCUT2D eigenvalue weighted by atomic mass is 9.92. The van der Waals surface area contributed by atoms with Crippen LogP contribution in [0.1, 0.15) is 22.3 Å². The van der Waals surface area contributed by atoms with Crippen molar-refractivity contribution in [3.63, 3.8) is 0 Å². The summed E-state index contributed by atoms with van der Waals surface area (Å²) < 4.78 is 0. The molecule has 0 atom stereocenters. The van der Waals surface area contributed by atoms with Gasteiger partial charge in [0, 0.05) is 18.4 Å². The SMILES string of the molecule is Oc1ccc(Cc2cc3ccccc3c(Cc3ccc(O)cc3)c2O)cc1. The predicted octanol–water partition coefficient (Wildman–Crippen LogP) is 5.14. The summed E-state index contributed by atoms with van der Waals surface area (Å²) in [6.07, 6.45) is 1.16. The topological polar surface area (TPSA) is 60.7 Å². The molecule has 0 fully saturated rings. The minimum Gasteiger partial charge on any atom is -0.508 e. The molecule has 4 aromatic carbocycles. The number of aromatic hydroxyl groups is 3. The van der Waals surface area contributed by atoms with Gasteiger partial charge in [0.15, 0.2) is 0 Å². The van der Waals surface area contributed by atoms with Crippen molar-refractivity contribution in [2.24, 2.45) is 0 Å². The molecule has 3 heteroatoms. The third-order valence-corrected chi connectivity index (χ3v) is 4.85. The highest BCUT2D eigenvalue weighted by atomic mass is 16.3. The van der Waals surface area contributed by atoms with Gasteiger partial charge in [-0.2, -0.15) is 0 Å². The largest absolute Gasteiger partial charge is 0.508 e. The lowest BCUT2D eigenvalue weighted by molar-refractivity contribution is 0.464. The van der Waals surface area contributed by atoms with Crippen LogP contribution in [-0.2, 0) is 12.8 Å². The van der Waals surface area contributed by atoms with Crippen LogP contribution in [0.4, 0.5) is 0 Å². The predicted molar refractivity (Wildman–Crippen MR) is 107 cm³/mol. The Hall–Kier alpha value is -3.46. The van der Waals surface area contributed by atoms with Gasteiger partial charge in [-0.3, -0.25) is 0 Å². The van der Waals surface area contributed by atoms with E-state index in [4.69, 9.17) is 0 Å². The molecular formula is C24H20O3. The molecule has 4 rings (SSSR count). The van der Waals surface area contributed by atoms with Crippen molar-refractivity contribution in [3.05, 3.63) is 101 Å². The second kappa shape index (κ2) is 7.04.